The summed E-state index contributed by atoms with van der Waals surface area (Å²) >= 11 is 0. The van der Waals surface area contributed by atoms with E-state index in [0.717, 1.165) is 54.8 Å². The number of hydrogen-bond donors (Lipinski definition) is 2. The fourth-order valence-electron chi connectivity index (χ4n) is 4.23. The first-order valence-electron chi connectivity index (χ1n) is 12.3. The molecule has 0 amide bonds. The van der Waals surface area contributed by atoms with Crippen LogP contribution in [0.15, 0.2) is 30.5 Å². The van der Waals surface area contributed by atoms with Crippen LogP contribution in [0.1, 0.15) is 63.1 Å². The molecule has 198 valence electrons. The zero-order chi connectivity index (χ0) is 26.7. The summed E-state index contributed by atoms with van der Waals surface area (Å²) in [7, 11) is 0. The Morgan fingerprint density at radius 3 is 2.54 bits per heavy atom. The molecule has 0 spiro atoms. The molecule has 2 heterocycles. The molecule has 1 aromatic carbocycles. The third kappa shape index (κ3) is 5.82. The van der Waals surface area contributed by atoms with Gasteiger partial charge >= 0.3 is 12.8 Å². The molecule has 1 fully saturated rings. The van der Waals surface area contributed by atoms with Gasteiger partial charge < -0.3 is 14.7 Å². The lowest BCUT2D eigenvalue weighted by Gasteiger charge is -2.30. The lowest BCUT2D eigenvalue weighted by molar-refractivity contribution is -0.150. The van der Waals surface area contributed by atoms with Gasteiger partial charge in [-0.2, -0.15) is 22.0 Å². The Morgan fingerprint density at radius 1 is 1.22 bits per heavy atom. The van der Waals surface area contributed by atoms with Crippen molar-refractivity contribution in [1.82, 2.24) is 15.0 Å². The van der Waals surface area contributed by atoms with Crippen LogP contribution in [0.2, 0.25) is 0 Å². The highest BCUT2D eigenvalue weighted by Crippen LogP contribution is 2.43. The highest BCUT2D eigenvalue weighted by atomic mass is 19.4. The van der Waals surface area contributed by atoms with Gasteiger partial charge in [0.25, 0.3) is 0 Å². The van der Waals surface area contributed by atoms with Gasteiger partial charge in [0.2, 0.25) is 0 Å². The van der Waals surface area contributed by atoms with Crippen LogP contribution in [-0.2, 0) is 0 Å². The maximum atomic E-state index is 13.1. The quantitative estimate of drug-likeness (QED) is 0.185. The molecular weight excluding hydrogens is 491 g/mol. The van der Waals surface area contributed by atoms with E-state index in [-0.39, 0.29) is 11.8 Å². The number of nitrogens with zero attached hydrogens (tertiary/aromatic N) is 2. The molecule has 1 aliphatic rings. The number of hydrogen-bond acceptors (Lipinski definition) is 4. The maximum absolute atomic E-state index is 13.1. The lowest BCUT2D eigenvalue weighted by Crippen LogP contribution is -2.42. The van der Waals surface area contributed by atoms with Crippen molar-refractivity contribution in [2.24, 2.45) is 0 Å². The number of anilines is 1. The Morgan fingerprint density at radius 2 is 1.97 bits per heavy atom. The van der Waals surface area contributed by atoms with Gasteiger partial charge in [0.15, 0.2) is 0 Å². The van der Waals surface area contributed by atoms with Crippen LogP contribution in [0.3, 0.4) is 0 Å². The summed E-state index contributed by atoms with van der Waals surface area (Å²) in [5.41, 5.74) is 8.56. The number of unbranched alkanes of at least 4 members (excludes halogenated alkanes) is 1. The average Bonchev–Trinajstić information content (AvgIpc) is 3.09. The molecule has 0 radical (unpaired) electrons. The summed E-state index contributed by atoms with van der Waals surface area (Å²) in [6.45, 7) is 1.82. The first kappa shape index (κ1) is 26.7. The molecule has 1 saturated carbocycles. The van der Waals surface area contributed by atoms with Gasteiger partial charge in [-0.1, -0.05) is 18.8 Å². The van der Waals surface area contributed by atoms with Crippen molar-refractivity contribution < 1.29 is 26.7 Å². The van der Waals surface area contributed by atoms with Gasteiger partial charge in [0.1, 0.15) is 11.8 Å². The van der Waals surface area contributed by atoms with Crippen LogP contribution in [0, 0.1) is 18.8 Å². The van der Waals surface area contributed by atoms with Crippen molar-refractivity contribution >= 4 is 16.6 Å². The smallest absolute Gasteiger partial charge is 0.405 e. The second kappa shape index (κ2) is 11.0. The van der Waals surface area contributed by atoms with Crippen molar-refractivity contribution in [1.29, 1.82) is 0 Å². The predicted molar refractivity (Wildman–Crippen MR) is 133 cm³/mol. The summed E-state index contributed by atoms with van der Waals surface area (Å²) in [4.78, 5) is 4.54. The van der Waals surface area contributed by atoms with Crippen LogP contribution in [0.5, 0.6) is 5.75 Å². The molecule has 3 aromatic rings. The minimum Gasteiger partial charge on any atom is -0.434 e. The Balaban J connectivity index is 1.82. The number of aryl methyl sites for hydroxylation is 1. The summed E-state index contributed by atoms with van der Waals surface area (Å²) in [6.07, 6.45) is 1.55. The lowest BCUT2D eigenvalue weighted by atomic mass is 9.92. The largest absolute Gasteiger partial charge is 0.434 e. The van der Waals surface area contributed by atoms with E-state index < -0.39 is 18.8 Å². The van der Waals surface area contributed by atoms with Crippen molar-refractivity contribution in [3.63, 3.8) is 0 Å². The molecule has 2 aromatic heterocycles. The van der Waals surface area contributed by atoms with Gasteiger partial charge in [-0.05, 0) is 63.3 Å². The SMILES string of the molecule is CCCC#Cc1c(-c2ccc(NN[C@@H](C)C(F)(F)F)cn2)n(C2CCC2)c2cc(OC(F)F)c(C)cc12. The number of rotatable bonds is 8. The van der Waals surface area contributed by atoms with Crippen LogP contribution in [-0.4, -0.2) is 28.4 Å². The van der Waals surface area contributed by atoms with Gasteiger partial charge in [-0.3, -0.25) is 4.98 Å². The number of halogens is 5. The van der Waals surface area contributed by atoms with Crippen LogP contribution >= 0.6 is 0 Å². The molecule has 37 heavy (non-hydrogen) atoms. The summed E-state index contributed by atoms with van der Waals surface area (Å²) < 4.78 is 71.5. The molecule has 0 aliphatic heterocycles. The Kier molecular flexibility index (Phi) is 7.93. The molecule has 0 unspecified atom stereocenters. The number of fused-ring (bicyclic) bond motifs is 1. The molecule has 5 nitrogen and oxygen atoms in total. The molecule has 10 heteroatoms. The van der Waals surface area contributed by atoms with Gasteiger partial charge in [0.05, 0.1) is 34.4 Å². The minimum atomic E-state index is -4.39. The van der Waals surface area contributed by atoms with E-state index in [2.05, 4.69) is 32.2 Å². The van der Waals surface area contributed by atoms with Gasteiger partial charge in [0, 0.05) is 23.9 Å². The second-order valence-corrected chi connectivity index (χ2v) is 9.21. The molecule has 1 aliphatic carbocycles. The van der Waals surface area contributed by atoms with Crippen molar-refractivity contribution in [2.45, 2.75) is 77.7 Å². The average molecular weight is 521 g/mol. The van der Waals surface area contributed by atoms with Crippen LogP contribution < -0.4 is 15.6 Å². The van der Waals surface area contributed by atoms with Crippen molar-refractivity contribution in [3.05, 3.63) is 41.6 Å². The van der Waals surface area contributed by atoms with Gasteiger partial charge in [-0.25, -0.2) is 5.43 Å². The number of hydrazine groups is 1. The zero-order valence-corrected chi connectivity index (χ0v) is 20.8. The fourth-order valence-corrected chi connectivity index (χ4v) is 4.23. The second-order valence-electron chi connectivity index (χ2n) is 9.21. The molecule has 2 N–H and O–H groups in total. The highest BCUT2D eigenvalue weighted by Gasteiger charge is 2.36. The van der Waals surface area contributed by atoms with E-state index in [1.807, 2.05) is 13.0 Å². The topological polar surface area (TPSA) is 51.1 Å². The van der Waals surface area contributed by atoms with E-state index in [4.69, 9.17) is 4.74 Å². The van der Waals surface area contributed by atoms with Gasteiger partial charge in [-0.15, -0.1) is 0 Å². The highest BCUT2D eigenvalue weighted by molar-refractivity contribution is 5.96. The summed E-state index contributed by atoms with van der Waals surface area (Å²) in [5, 5.41) is 0.828. The van der Waals surface area contributed by atoms with E-state index in [9.17, 15) is 22.0 Å². The zero-order valence-electron chi connectivity index (χ0n) is 20.8. The summed E-state index contributed by atoms with van der Waals surface area (Å²) in [5.74, 6) is 6.59. The number of nitrogens with one attached hydrogen (secondary N) is 2. The monoisotopic (exact) mass is 520 g/mol. The number of alkyl halides is 5. The Labute approximate surface area is 212 Å². The van der Waals surface area contributed by atoms with E-state index in [1.165, 1.54) is 6.20 Å². The molecule has 1 atom stereocenters. The first-order chi connectivity index (χ1) is 17.6. The van der Waals surface area contributed by atoms with Crippen molar-refractivity contribution in [2.75, 3.05) is 5.43 Å². The van der Waals surface area contributed by atoms with Crippen LogP contribution in [0.25, 0.3) is 22.3 Å². The van der Waals surface area contributed by atoms with Crippen LogP contribution in [0.4, 0.5) is 27.6 Å². The third-order valence-electron chi connectivity index (χ3n) is 6.47. The van der Waals surface area contributed by atoms with E-state index >= 15 is 0 Å². The molecule has 4 rings (SSSR count). The fraction of sp³-hybridized carbons (Fsp3) is 0.444. The number of benzene rings is 1. The Hall–Kier alpha value is -3.32. The first-order valence-corrected chi connectivity index (χ1v) is 12.3. The molecular formula is C27H29F5N4O. The Bertz CT molecular complexity index is 1300. The van der Waals surface area contributed by atoms with E-state index in [1.54, 1.807) is 25.1 Å². The predicted octanol–water partition coefficient (Wildman–Crippen LogP) is 7.36. The maximum Gasteiger partial charge on any atom is 0.405 e. The molecule has 0 saturated heterocycles. The minimum absolute atomic E-state index is 0.109. The normalized spacial score (nSPS) is 14.8. The summed E-state index contributed by atoms with van der Waals surface area (Å²) in [6, 6.07) is 5.22. The number of aromatic nitrogens is 2. The third-order valence-corrected chi connectivity index (χ3v) is 6.47. The van der Waals surface area contributed by atoms with Crippen molar-refractivity contribution in [3.8, 4) is 29.0 Å². The molecule has 0 bridgehead atoms. The number of ether oxygens (including phenoxy) is 1. The standard InChI is InChI=1S/C27H29F5N4O/c1-4-5-6-10-20-21-13-16(2)24(37-26(28)29)14-23(21)36(19-8-7-9-19)25(20)22-12-11-18(15-33-22)35-34-17(3)27(30,31)32/h11-15,17,19,26,34-35H,4-5,7-9H2,1-3H3/t17-/m0/s1. The number of pyridine rings is 1. The van der Waals surface area contributed by atoms with E-state index in [0.29, 0.717) is 23.4 Å².